The molecule has 24 heavy (non-hydrogen) atoms. The Morgan fingerprint density at radius 3 is 2.50 bits per heavy atom. The molecule has 1 aliphatic heterocycles. The molecule has 1 aromatic heterocycles. The number of piperidine rings is 1. The van der Waals surface area contributed by atoms with Crippen LogP contribution in [0.3, 0.4) is 0 Å². The SMILES string of the molecule is CN(Cc1ccc(N2CCCCC2)cc1)c1cnn(C)c(=O)c1Br. The molecule has 0 radical (unpaired) electrons. The van der Waals surface area contributed by atoms with Crippen LogP contribution in [0.1, 0.15) is 24.8 Å². The molecule has 6 heteroatoms. The van der Waals surface area contributed by atoms with E-state index in [-0.39, 0.29) is 5.56 Å². The summed E-state index contributed by atoms with van der Waals surface area (Å²) < 4.78 is 1.88. The van der Waals surface area contributed by atoms with Crippen LogP contribution < -0.4 is 15.4 Å². The number of hydrogen-bond donors (Lipinski definition) is 0. The first kappa shape index (κ1) is 17.0. The van der Waals surface area contributed by atoms with Crippen LogP contribution in [0.15, 0.2) is 39.7 Å². The predicted molar refractivity (Wildman–Crippen MR) is 102 cm³/mol. The maximum Gasteiger partial charge on any atom is 0.282 e. The zero-order valence-electron chi connectivity index (χ0n) is 14.2. The van der Waals surface area contributed by atoms with Gasteiger partial charge in [0.1, 0.15) is 4.47 Å². The second-order valence-electron chi connectivity index (χ2n) is 6.34. The Kier molecular flexibility index (Phi) is 5.23. The van der Waals surface area contributed by atoms with Gasteiger partial charge in [0.05, 0.1) is 11.9 Å². The van der Waals surface area contributed by atoms with E-state index < -0.39 is 0 Å². The summed E-state index contributed by atoms with van der Waals surface area (Å²) in [6.07, 6.45) is 5.63. The summed E-state index contributed by atoms with van der Waals surface area (Å²) >= 11 is 3.39. The third-order valence-corrected chi connectivity index (χ3v) is 5.29. The van der Waals surface area contributed by atoms with Crippen LogP contribution in [-0.4, -0.2) is 29.9 Å². The molecule has 1 fully saturated rings. The van der Waals surface area contributed by atoms with Gasteiger partial charge in [-0.2, -0.15) is 5.10 Å². The van der Waals surface area contributed by atoms with Gasteiger partial charge in [-0.1, -0.05) is 12.1 Å². The lowest BCUT2D eigenvalue weighted by molar-refractivity contribution is 0.578. The first-order valence-electron chi connectivity index (χ1n) is 8.33. The van der Waals surface area contributed by atoms with Gasteiger partial charge in [-0.05, 0) is 52.9 Å². The molecule has 0 bridgehead atoms. The summed E-state index contributed by atoms with van der Waals surface area (Å²) in [6, 6.07) is 8.74. The Morgan fingerprint density at radius 2 is 1.83 bits per heavy atom. The number of benzene rings is 1. The van der Waals surface area contributed by atoms with Crippen LogP contribution in [0.2, 0.25) is 0 Å². The van der Waals surface area contributed by atoms with Gasteiger partial charge >= 0.3 is 0 Å². The first-order chi connectivity index (χ1) is 11.6. The number of rotatable bonds is 4. The number of aromatic nitrogens is 2. The molecule has 2 aromatic rings. The predicted octanol–water partition coefficient (Wildman–Crippen LogP) is 3.17. The van der Waals surface area contributed by atoms with E-state index in [4.69, 9.17) is 0 Å². The molecule has 0 N–H and O–H groups in total. The zero-order chi connectivity index (χ0) is 17.1. The standard InChI is InChI=1S/C18H23BrN4O/c1-21(16-12-20-22(2)18(24)17(16)19)13-14-6-8-15(9-7-14)23-10-4-3-5-11-23/h6-9,12H,3-5,10-11,13H2,1-2H3. The highest BCUT2D eigenvalue weighted by Crippen LogP contribution is 2.24. The molecule has 0 atom stereocenters. The Labute approximate surface area is 151 Å². The Hall–Kier alpha value is -1.82. The van der Waals surface area contributed by atoms with Gasteiger partial charge in [0.15, 0.2) is 0 Å². The van der Waals surface area contributed by atoms with Crippen molar-refractivity contribution < 1.29 is 0 Å². The van der Waals surface area contributed by atoms with Crippen molar-refractivity contribution in [2.45, 2.75) is 25.8 Å². The Bertz CT molecular complexity index is 751. The summed E-state index contributed by atoms with van der Waals surface area (Å²) in [6.45, 7) is 3.05. The van der Waals surface area contributed by atoms with E-state index in [0.29, 0.717) is 4.47 Å². The van der Waals surface area contributed by atoms with Crippen molar-refractivity contribution in [3.05, 3.63) is 50.9 Å². The normalized spacial score (nSPS) is 14.7. The van der Waals surface area contributed by atoms with E-state index in [1.54, 1.807) is 13.2 Å². The highest BCUT2D eigenvalue weighted by Gasteiger charge is 2.13. The van der Waals surface area contributed by atoms with Gasteiger partial charge in [-0.3, -0.25) is 4.79 Å². The quantitative estimate of drug-likeness (QED) is 0.803. The van der Waals surface area contributed by atoms with Crippen LogP contribution in [-0.2, 0) is 13.6 Å². The van der Waals surface area contributed by atoms with Crippen LogP contribution in [0.4, 0.5) is 11.4 Å². The molecular formula is C18H23BrN4O. The smallest absolute Gasteiger partial charge is 0.282 e. The molecule has 3 rings (SSSR count). The largest absolute Gasteiger partial charge is 0.372 e. The summed E-state index contributed by atoms with van der Waals surface area (Å²) in [7, 11) is 3.62. The first-order valence-corrected chi connectivity index (χ1v) is 9.12. The van der Waals surface area contributed by atoms with Gasteiger partial charge in [0.25, 0.3) is 5.56 Å². The topological polar surface area (TPSA) is 41.4 Å². The molecule has 0 aliphatic carbocycles. The van der Waals surface area contributed by atoms with Crippen molar-refractivity contribution in [3.63, 3.8) is 0 Å². The summed E-state index contributed by atoms with van der Waals surface area (Å²) in [4.78, 5) is 16.5. The van der Waals surface area contributed by atoms with Gasteiger partial charge in [0.2, 0.25) is 0 Å². The lowest BCUT2D eigenvalue weighted by atomic mass is 10.1. The third kappa shape index (κ3) is 3.64. The molecule has 1 aliphatic rings. The van der Waals surface area contributed by atoms with Crippen LogP contribution in [0, 0.1) is 0 Å². The molecule has 2 heterocycles. The molecule has 5 nitrogen and oxygen atoms in total. The summed E-state index contributed by atoms with van der Waals surface area (Å²) in [5.41, 5.74) is 3.20. The molecule has 128 valence electrons. The zero-order valence-corrected chi connectivity index (χ0v) is 15.8. The summed E-state index contributed by atoms with van der Waals surface area (Å²) in [5, 5.41) is 4.10. The molecule has 1 aromatic carbocycles. The minimum atomic E-state index is -0.125. The fourth-order valence-electron chi connectivity index (χ4n) is 3.09. The van der Waals surface area contributed by atoms with Gasteiger partial charge < -0.3 is 9.80 Å². The van der Waals surface area contributed by atoms with Crippen molar-refractivity contribution in [2.75, 3.05) is 29.9 Å². The average molecular weight is 391 g/mol. The van der Waals surface area contributed by atoms with Gasteiger partial charge in [-0.25, -0.2) is 4.68 Å². The molecule has 1 saturated heterocycles. The highest BCUT2D eigenvalue weighted by molar-refractivity contribution is 9.10. The average Bonchev–Trinajstić information content (AvgIpc) is 2.61. The Balaban J connectivity index is 1.71. The van der Waals surface area contributed by atoms with Gasteiger partial charge in [-0.15, -0.1) is 0 Å². The highest BCUT2D eigenvalue weighted by atomic mass is 79.9. The van der Waals surface area contributed by atoms with E-state index in [0.717, 1.165) is 25.3 Å². The number of anilines is 2. The number of halogens is 1. The second kappa shape index (κ2) is 7.38. The molecule has 0 saturated carbocycles. The van der Waals surface area contributed by atoms with Crippen molar-refractivity contribution in [2.24, 2.45) is 7.05 Å². The fraction of sp³-hybridized carbons (Fsp3) is 0.444. The minimum Gasteiger partial charge on any atom is -0.372 e. The van der Waals surface area contributed by atoms with Crippen molar-refractivity contribution in [1.29, 1.82) is 0 Å². The van der Waals surface area contributed by atoms with Crippen LogP contribution >= 0.6 is 15.9 Å². The Morgan fingerprint density at radius 1 is 1.17 bits per heavy atom. The lowest BCUT2D eigenvalue weighted by Gasteiger charge is -2.29. The van der Waals surface area contributed by atoms with Crippen molar-refractivity contribution >= 4 is 27.3 Å². The van der Waals surface area contributed by atoms with Crippen molar-refractivity contribution in [1.82, 2.24) is 9.78 Å². The molecule has 0 unspecified atom stereocenters. The molecule has 0 spiro atoms. The van der Waals surface area contributed by atoms with E-state index in [2.05, 4.69) is 50.2 Å². The van der Waals surface area contributed by atoms with Crippen LogP contribution in [0.25, 0.3) is 0 Å². The van der Waals surface area contributed by atoms with E-state index in [1.807, 2.05) is 11.9 Å². The fourth-order valence-corrected chi connectivity index (χ4v) is 3.75. The maximum absolute atomic E-state index is 12.0. The van der Waals surface area contributed by atoms with E-state index in [1.165, 1.54) is 35.2 Å². The monoisotopic (exact) mass is 390 g/mol. The third-order valence-electron chi connectivity index (χ3n) is 4.55. The van der Waals surface area contributed by atoms with E-state index >= 15 is 0 Å². The lowest BCUT2D eigenvalue weighted by Crippen LogP contribution is -2.29. The van der Waals surface area contributed by atoms with Crippen molar-refractivity contribution in [3.8, 4) is 0 Å². The number of nitrogens with zero attached hydrogens (tertiary/aromatic N) is 4. The second-order valence-corrected chi connectivity index (χ2v) is 7.14. The molecule has 0 amide bonds. The van der Waals surface area contributed by atoms with E-state index in [9.17, 15) is 4.79 Å². The maximum atomic E-state index is 12.0. The van der Waals surface area contributed by atoms with Crippen LogP contribution in [0.5, 0.6) is 0 Å². The number of aryl methyl sites for hydroxylation is 1. The summed E-state index contributed by atoms with van der Waals surface area (Å²) in [5.74, 6) is 0. The number of hydrogen-bond acceptors (Lipinski definition) is 4. The molecular weight excluding hydrogens is 368 g/mol. The minimum absolute atomic E-state index is 0.125. The van der Waals surface area contributed by atoms with Gasteiger partial charge in [0, 0.05) is 39.4 Å².